The van der Waals surface area contributed by atoms with E-state index in [4.69, 9.17) is 19.2 Å². The summed E-state index contributed by atoms with van der Waals surface area (Å²) in [7, 11) is 5.45. The number of hydrogen-bond acceptors (Lipinski definition) is 5. The van der Waals surface area contributed by atoms with E-state index in [0.717, 1.165) is 56.9 Å². The average Bonchev–Trinajstić information content (AvgIpc) is 2.85. The number of nitrogens with one attached hydrogen (secondary N) is 1. The summed E-state index contributed by atoms with van der Waals surface area (Å²) in [5.41, 5.74) is 2.45. The van der Waals surface area contributed by atoms with Crippen molar-refractivity contribution < 1.29 is 14.2 Å². The van der Waals surface area contributed by atoms with Crippen molar-refractivity contribution in [2.24, 2.45) is 4.99 Å². The van der Waals surface area contributed by atoms with Crippen molar-refractivity contribution in [1.82, 2.24) is 15.1 Å². The molecular formula is C25H37IN4O3. The number of nitrogens with zero attached hydrogens (tertiary/aromatic N) is 3. The monoisotopic (exact) mass is 568 g/mol. The van der Waals surface area contributed by atoms with Gasteiger partial charge in [-0.2, -0.15) is 0 Å². The third-order valence-electron chi connectivity index (χ3n) is 5.68. The number of methoxy groups -OCH3 is 2. The van der Waals surface area contributed by atoms with Gasteiger partial charge < -0.3 is 24.4 Å². The molecule has 1 heterocycles. The summed E-state index contributed by atoms with van der Waals surface area (Å²) in [4.78, 5) is 9.65. The summed E-state index contributed by atoms with van der Waals surface area (Å²) in [6, 6.07) is 16.7. The summed E-state index contributed by atoms with van der Waals surface area (Å²) in [6.07, 6.45) is 0. The Hall–Kier alpha value is -2.04. The molecule has 0 aromatic heterocycles. The normalized spacial score (nSPS) is 15.3. The van der Waals surface area contributed by atoms with Gasteiger partial charge in [-0.05, 0) is 42.3 Å². The Labute approximate surface area is 215 Å². The highest BCUT2D eigenvalue weighted by Crippen LogP contribution is 2.25. The molecule has 7 nitrogen and oxygen atoms in total. The van der Waals surface area contributed by atoms with Crippen LogP contribution in [0.25, 0.3) is 0 Å². The maximum absolute atomic E-state index is 5.58. The first-order chi connectivity index (χ1) is 15.6. The van der Waals surface area contributed by atoms with Gasteiger partial charge in [-0.1, -0.05) is 24.3 Å². The molecule has 2 aromatic carbocycles. The van der Waals surface area contributed by atoms with Gasteiger partial charge in [0.1, 0.15) is 11.5 Å². The van der Waals surface area contributed by atoms with E-state index in [1.165, 1.54) is 11.1 Å². The predicted octanol–water partition coefficient (Wildman–Crippen LogP) is 3.79. The van der Waals surface area contributed by atoms with Gasteiger partial charge in [0.2, 0.25) is 0 Å². The first-order valence-corrected chi connectivity index (χ1v) is 11.2. The molecule has 0 saturated carbocycles. The highest BCUT2D eigenvalue weighted by atomic mass is 127. The highest BCUT2D eigenvalue weighted by molar-refractivity contribution is 14.0. The topological polar surface area (TPSA) is 58.6 Å². The van der Waals surface area contributed by atoms with Crippen molar-refractivity contribution in [1.29, 1.82) is 0 Å². The molecule has 1 aliphatic heterocycles. The lowest BCUT2D eigenvalue weighted by atomic mass is 10.0. The highest BCUT2D eigenvalue weighted by Gasteiger charge is 2.23. The SMILES string of the molecule is CCNC(=NCC(c1ccc(OC)cc1)N1CCOCC1)N(C)Cc1ccc(OC)cc1.I. The van der Waals surface area contributed by atoms with E-state index >= 15 is 0 Å². The molecule has 0 amide bonds. The van der Waals surface area contributed by atoms with Crippen LogP contribution in [0.3, 0.4) is 0 Å². The van der Waals surface area contributed by atoms with Gasteiger partial charge in [0.05, 0.1) is 40.0 Å². The summed E-state index contributed by atoms with van der Waals surface area (Å²) in [5, 5.41) is 3.44. The van der Waals surface area contributed by atoms with Crippen LogP contribution in [0.15, 0.2) is 53.5 Å². The minimum Gasteiger partial charge on any atom is -0.497 e. The van der Waals surface area contributed by atoms with Crippen LogP contribution in [0.4, 0.5) is 0 Å². The Morgan fingerprint density at radius 3 is 2.15 bits per heavy atom. The molecule has 1 saturated heterocycles. The fourth-order valence-corrected chi connectivity index (χ4v) is 3.87. The van der Waals surface area contributed by atoms with Gasteiger partial charge in [0.25, 0.3) is 0 Å². The Morgan fingerprint density at radius 2 is 1.61 bits per heavy atom. The molecule has 8 heteroatoms. The van der Waals surface area contributed by atoms with E-state index in [-0.39, 0.29) is 30.0 Å². The van der Waals surface area contributed by atoms with Crippen molar-refractivity contribution in [2.45, 2.75) is 19.5 Å². The van der Waals surface area contributed by atoms with Crippen molar-refractivity contribution in [2.75, 3.05) is 60.7 Å². The Balaban J connectivity index is 0.00000385. The number of hydrogen-bond donors (Lipinski definition) is 1. The van der Waals surface area contributed by atoms with Gasteiger partial charge in [-0.15, -0.1) is 24.0 Å². The second-order valence-electron chi connectivity index (χ2n) is 7.84. The number of ether oxygens (including phenoxy) is 3. The summed E-state index contributed by atoms with van der Waals surface area (Å²) in [5.74, 6) is 2.63. The zero-order valence-electron chi connectivity index (χ0n) is 20.1. The Kier molecular flexibility index (Phi) is 11.8. The second-order valence-corrected chi connectivity index (χ2v) is 7.84. The van der Waals surface area contributed by atoms with Crippen LogP contribution in [0.5, 0.6) is 11.5 Å². The van der Waals surface area contributed by atoms with Crippen LogP contribution in [-0.2, 0) is 11.3 Å². The number of benzene rings is 2. The lowest BCUT2D eigenvalue weighted by molar-refractivity contribution is 0.0179. The van der Waals surface area contributed by atoms with E-state index in [2.05, 4.69) is 53.4 Å². The van der Waals surface area contributed by atoms with E-state index in [0.29, 0.717) is 6.54 Å². The molecule has 1 N–H and O–H groups in total. The number of aliphatic imine (C=N–C) groups is 1. The zero-order valence-corrected chi connectivity index (χ0v) is 22.5. The molecule has 0 spiro atoms. The van der Waals surface area contributed by atoms with E-state index in [9.17, 15) is 0 Å². The van der Waals surface area contributed by atoms with E-state index in [1.807, 2.05) is 24.3 Å². The number of halogens is 1. The van der Waals surface area contributed by atoms with Crippen molar-refractivity contribution in [3.05, 3.63) is 59.7 Å². The third kappa shape index (κ3) is 8.04. The lowest BCUT2D eigenvalue weighted by Gasteiger charge is -2.34. The van der Waals surface area contributed by atoms with Crippen LogP contribution >= 0.6 is 24.0 Å². The maximum atomic E-state index is 5.58. The van der Waals surface area contributed by atoms with Crippen LogP contribution < -0.4 is 14.8 Å². The van der Waals surface area contributed by atoms with Gasteiger partial charge in [0, 0.05) is 33.2 Å². The second kappa shape index (κ2) is 14.3. The van der Waals surface area contributed by atoms with Gasteiger partial charge in [0.15, 0.2) is 5.96 Å². The number of morpholine rings is 1. The average molecular weight is 569 g/mol. The molecular weight excluding hydrogens is 531 g/mol. The lowest BCUT2D eigenvalue weighted by Crippen LogP contribution is -2.42. The summed E-state index contributed by atoms with van der Waals surface area (Å²) >= 11 is 0. The standard InChI is InChI=1S/C25H36N4O3.HI/c1-5-26-25(28(2)19-20-6-10-22(30-3)11-7-20)27-18-24(29-14-16-32-17-15-29)21-8-12-23(31-4)13-9-21;/h6-13,24H,5,14-19H2,1-4H3,(H,26,27);1H. The van der Waals surface area contributed by atoms with Crippen LogP contribution in [0.1, 0.15) is 24.1 Å². The van der Waals surface area contributed by atoms with Crippen molar-refractivity contribution in [3.8, 4) is 11.5 Å². The first kappa shape index (κ1) is 27.2. The number of guanidine groups is 1. The summed E-state index contributed by atoms with van der Waals surface area (Å²) < 4.78 is 16.2. The minimum absolute atomic E-state index is 0. The van der Waals surface area contributed by atoms with Gasteiger partial charge in [-0.3, -0.25) is 9.89 Å². The fourth-order valence-electron chi connectivity index (χ4n) is 3.87. The molecule has 182 valence electrons. The molecule has 1 unspecified atom stereocenters. The third-order valence-corrected chi connectivity index (χ3v) is 5.68. The molecule has 2 aromatic rings. The summed E-state index contributed by atoms with van der Waals surface area (Å²) in [6.45, 7) is 7.68. The van der Waals surface area contributed by atoms with Crippen LogP contribution in [-0.4, -0.2) is 76.4 Å². The van der Waals surface area contributed by atoms with Crippen molar-refractivity contribution in [3.63, 3.8) is 0 Å². The Bertz CT molecular complexity index is 840. The maximum Gasteiger partial charge on any atom is 0.194 e. The minimum atomic E-state index is 0. The molecule has 0 bridgehead atoms. The van der Waals surface area contributed by atoms with Gasteiger partial charge in [-0.25, -0.2) is 0 Å². The molecule has 1 aliphatic rings. The van der Waals surface area contributed by atoms with Crippen molar-refractivity contribution >= 4 is 29.9 Å². The zero-order chi connectivity index (χ0) is 22.8. The quantitative estimate of drug-likeness (QED) is 0.282. The molecule has 0 radical (unpaired) electrons. The Morgan fingerprint density at radius 1 is 1.03 bits per heavy atom. The van der Waals surface area contributed by atoms with Gasteiger partial charge >= 0.3 is 0 Å². The number of rotatable bonds is 9. The largest absolute Gasteiger partial charge is 0.497 e. The van der Waals surface area contributed by atoms with E-state index < -0.39 is 0 Å². The fraction of sp³-hybridized carbons (Fsp3) is 0.480. The smallest absolute Gasteiger partial charge is 0.194 e. The molecule has 33 heavy (non-hydrogen) atoms. The van der Waals surface area contributed by atoms with E-state index in [1.54, 1.807) is 14.2 Å². The molecule has 0 aliphatic carbocycles. The predicted molar refractivity (Wildman–Crippen MR) is 144 cm³/mol. The molecule has 3 rings (SSSR count). The molecule has 1 atom stereocenters. The molecule has 1 fully saturated rings. The van der Waals surface area contributed by atoms with Crippen LogP contribution in [0.2, 0.25) is 0 Å². The first-order valence-electron chi connectivity index (χ1n) is 11.2. The van der Waals surface area contributed by atoms with Crippen LogP contribution in [0, 0.1) is 0 Å².